The maximum atomic E-state index is 9.27. The second-order valence-corrected chi connectivity index (χ2v) is 11.8. The van der Waals surface area contributed by atoms with E-state index in [-0.39, 0.29) is 0 Å². The molecule has 6 aliphatic heterocycles. The van der Waals surface area contributed by atoms with Crippen LogP contribution in [-0.2, 0) is 24.7 Å². The summed E-state index contributed by atoms with van der Waals surface area (Å²) >= 11 is 0. The zero-order valence-electron chi connectivity index (χ0n) is 6.24. The maximum absolute atomic E-state index is 9.27. The molecule has 0 aromatic carbocycles. The third-order valence-electron chi connectivity index (χ3n) is 1.55. The summed E-state index contributed by atoms with van der Waals surface area (Å²) in [4.78, 5) is 37.1. The van der Waals surface area contributed by atoms with Crippen LogP contribution in [0, 0.1) is 0 Å². The summed E-state index contributed by atoms with van der Waals surface area (Å²) in [6, 6.07) is 0. The second kappa shape index (κ2) is 2.26. The molecule has 0 aromatic rings. The molecule has 6 rings (SSSR count). The topological polar surface area (TPSA) is 136 Å². The number of rotatable bonds is 0. The van der Waals surface area contributed by atoms with Gasteiger partial charge in [-0.05, 0) is 0 Å². The van der Waals surface area contributed by atoms with Crippen molar-refractivity contribution in [2.45, 2.75) is 0 Å². The van der Waals surface area contributed by atoms with E-state index in [1.807, 2.05) is 0 Å². The Hall–Kier alpha value is 0.468. The van der Waals surface area contributed by atoms with Gasteiger partial charge in [0.15, 0.2) is 0 Å². The van der Waals surface area contributed by atoms with E-state index in [1.165, 1.54) is 0 Å². The monoisotopic (exact) mass is 276 g/mol. The van der Waals surface area contributed by atoms with E-state index in [2.05, 4.69) is 24.7 Å². The standard InChI is InChI=1S/H4O10Si4/c1-11-5-12(2,6-11)10-14(4)7-13(3,8-14)9-11/h1-4H. The lowest BCUT2D eigenvalue weighted by molar-refractivity contribution is -0.142. The van der Waals surface area contributed by atoms with Gasteiger partial charge in [0.05, 0.1) is 0 Å². The fraction of sp³-hybridized carbons (Fsp3) is 0. The van der Waals surface area contributed by atoms with E-state index in [0.29, 0.717) is 0 Å². The van der Waals surface area contributed by atoms with Gasteiger partial charge in [0, 0.05) is 0 Å². The molecule has 0 unspecified atom stereocenters. The summed E-state index contributed by atoms with van der Waals surface area (Å²) in [5, 5.41) is 0. The van der Waals surface area contributed by atoms with Gasteiger partial charge in [0.1, 0.15) is 0 Å². The Labute approximate surface area is 80.7 Å². The molecule has 0 aromatic heterocycles. The van der Waals surface area contributed by atoms with Gasteiger partial charge in [0.25, 0.3) is 0 Å². The number of hydrogen-bond donors (Lipinski definition) is 4. The van der Waals surface area contributed by atoms with Crippen LogP contribution in [0.5, 0.6) is 0 Å². The Kier molecular flexibility index (Phi) is 1.56. The van der Waals surface area contributed by atoms with Crippen LogP contribution in [0.2, 0.25) is 0 Å². The Morgan fingerprint density at radius 1 is 0.429 bits per heavy atom. The highest BCUT2D eigenvalue weighted by Crippen LogP contribution is 2.42. The van der Waals surface area contributed by atoms with Crippen molar-refractivity contribution in [3.63, 3.8) is 0 Å². The van der Waals surface area contributed by atoms with E-state index in [9.17, 15) is 19.2 Å². The molecule has 6 saturated heterocycles. The van der Waals surface area contributed by atoms with Crippen LogP contribution in [0.15, 0.2) is 0 Å². The molecule has 0 saturated carbocycles. The van der Waals surface area contributed by atoms with Gasteiger partial charge >= 0.3 is 36.2 Å². The Balaban J connectivity index is 1.90. The van der Waals surface area contributed by atoms with Crippen LogP contribution in [-0.4, -0.2) is 55.4 Å². The minimum absolute atomic E-state index is 4.07. The first kappa shape index (κ1) is 9.68. The zero-order chi connectivity index (χ0) is 10.2. The van der Waals surface area contributed by atoms with E-state index >= 15 is 0 Å². The van der Waals surface area contributed by atoms with Crippen LogP contribution in [0.1, 0.15) is 0 Å². The van der Waals surface area contributed by atoms with Crippen molar-refractivity contribution in [2.24, 2.45) is 0 Å². The first-order valence-electron chi connectivity index (χ1n) is 3.34. The molecular weight excluding hydrogens is 272 g/mol. The Morgan fingerprint density at radius 2 is 0.571 bits per heavy atom. The van der Waals surface area contributed by atoms with Gasteiger partial charge in [-0.2, -0.15) is 0 Å². The molecule has 6 fully saturated rings. The number of hydrogen-bond acceptors (Lipinski definition) is 10. The molecule has 6 heterocycles. The van der Waals surface area contributed by atoms with E-state index in [4.69, 9.17) is 0 Å². The Morgan fingerprint density at radius 3 is 0.714 bits per heavy atom. The normalized spacial score (nSPS) is 66.0. The molecule has 10 nitrogen and oxygen atoms in total. The summed E-state index contributed by atoms with van der Waals surface area (Å²) in [6.07, 6.45) is 0. The first-order chi connectivity index (χ1) is 6.24. The third-order valence-corrected chi connectivity index (χ3v) is 13.9. The average Bonchev–Trinajstić information content (AvgIpc) is 1.72. The Bertz CT molecular complexity index is 232. The molecule has 0 amide bonds. The summed E-state index contributed by atoms with van der Waals surface area (Å²) in [5.74, 6) is 0. The largest absolute Gasteiger partial charge is 0.659 e. The van der Waals surface area contributed by atoms with Crippen LogP contribution in [0.4, 0.5) is 0 Å². The summed E-state index contributed by atoms with van der Waals surface area (Å²) < 4.78 is 27.0. The van der Waals surface area contributed by atoms with Crippen molar-refractivity contribution >= 4 is 36.2 Å². The molecule has 0 radical (unpaired) electrons. The van der Waals surface area contributed by atoms with E-state index < -0.39 is 36.2 Å². The smallest absolute Gasteiger partial charge is 0.369 e. The van der Waals surface area contributed by atoms with Crippen molar-refractivity contribution in [1.82, 2.24) is 0 Å². The SMILES string of the molecule is O[Si]12O[Si](O)(O1)O[Si]1(O)O[Si](O)(O1)O2. The quantitative estimate of drug-likeness (QED) is 0.323. The molecule has 0 aliphatic carbocycles. The predicted octanol–water partition coefficient (Wildman–Crippen LogP) is -4.16. The van der Waals surface area contributed by atoms with Crippen LogP contribution < -0.4 is 0 Å². The van der Waals surface area contributed by atoms with Crippen molar-refractivity contribution in [1.29, 1.82) is 0 Å². The highest BCUT2D eigenvalue weighted by atomic mass is 28.6. The molecule has 4 N–H and O–H groups in total. The van der Waals surface area contributed by atoms with Crippen molar-refractivity contribution in [3.05, 3.63) is 0 Å². The predicted molar refractivity (Wildman–Crippen MR) is 38.4 cm³/mol. The molecule has 4 bridgehead atoms. The first-order valence-corrected chi connectivity index (χ1v) is 10.0. The fourth-order valence-electron chi connectivity index (χ4n) is 1.16. The lowest BCUT2D eigenvalue weighted by Gasteiger charge is -2.53. The van der Waals surface area contributed by atoms with E-state index in [0.717, 1.165) is 0 Å². The van der Waals surface area contributed by atoms with Gasteiger partial charge < -0.3 is 43.9 Å². The third kappa shape index (κ3) is 1.23. The maximum Gasteiger partial charge on any atom is 0.659 e. The minimum Gasteiger partial charge on any atom is -0.369 e. The summed E-state index contributed by atoms with van der Waals surface area (Å²) in [7, 11) is -16.3. The van der Waals surface area contributed by atoms with Gasteiger partial charge in [-0.15, -0.1) is 0 Å². The molecule has 0 atom stereocenters. The van der Waals surface area contributed by atoms with Gasteiger partial charge in [-0.3, -0.25) is 0 Å². The average molecular weight is 276 g/mol. The summed E-state index contributed by atoms with van der Waals surface area (Å²) in [5.41, 5.74) is 0. The zero-order valence-corrected chi connectivity index (χ0v) is 10.2. The summed E-state index contributed by atoms with van der Waals surface area (Å²) in [6.45, 7) is 0. The molecule has 14 heteroatoms. The van der Waals surface area contributed by atoms with Crippen molar-refractivity contribution in [2.75, 3.05) is 0 Å². The molecule has 0 spiro atoms. The molecular formula is H4O10Si4. The highest BCUT2D eigenvalue weighted by molar-refractivity contribution is 6.95. The van der Waals surface area contributed by atoms with Crippen molar-refractivity contribution in [3.8, 4) is 0 Å². The van der Waals surface area contributed by atoms with Crippen molar-refractivity contribution < 1.29 is 43.9 Å². The molecule has 80 valence electrons. The minimum atomic E-state index is -4.07. The van der Waals surface area contributed by atoms with Crippen LogP contribution in [0.25, 0.3) is 0 Å². The lowest BCUT2D eigenvalue weighted by Crippen LogP contribution is -2.89. The molecule has 6 aliphatic rings. The van der Waals surface area contributed by atoms with Gasteiger partial charge in [0.2, 0.25) is 0 Å². The lowest BCUT2D eigenvalue weighted by atomic mass is 15.5. The second-order valence-electron chi connectivity index (χ2n) is 2.71. The van der Waals surface area contributed by atoms with Gasteiger partial charge in [-0.25, -0.2) is 0 Å². The van der Waals surface area contributed by atoms with Crippen LogP contribution >= 0.6 is 0 Å². The highest BCUT2D eigenvalue weighted by Gasteiger charge is 2.86. The fourth-order valence-corrected chi connectivity index (χ4v) is 13.4. The van der Waals surface area contributed by atoms with Crippen LogP contribution in [0.3, 0.4) is 0 Å². The van der Waals surface area contributed by atoms with E-state index in [1.54, 1.807) is 0 Å². The van der Waals surface area contributed by atoms with Gasteiger partial charge in [-0.1, -0.05) is 0 Å². The molecule has 14 heavy (non-hydrogen) atoms.